The number of hydrogen-bond donors (Lipinski definition) is 1. The average Bonchev–Trinajstić information content (AvgIpc) is 3.23. The van der Waals surface area contributed by atoms with Crippen LogP contribution in [-0.4, -0.2) is 23.4 Å². The lowest BCUT2D eigenvalue weighted by Gasteiger charge is -2.22. The molecule has 0 saturated carbocycles. The highest BCUT2D eigenvalue weighted by Crippen LogP contribution is 2.43. The molecule has 0 aliphatic carbocycles. The third-order valence-corrected chi connectivity index (χ3v) is 10.1. The Morgan fingerprint density at radius 2 is 0.907 bits per heavy atom. The van der Waals surface area contributed by atoms with E-state index in [0.717, 1.165) is 42.6 Å². The van der Waals surface area contributed by atoms with Crippen LogP contribution in [0.15, 0.2) is 170 Å². The zero-order valence-corrected chi connectivity index (χ0v) is 28.8. The van der Waals surface area contributed by atoms with Gasteiger partial charge in [0.2, 0.25) is 0 Å². The zero-order chi connectivity index (χ0) is 36.9. The summed E-state index contributed by atoms with van der Waals surface area (Å²) in [5.41, 5.74) is 8.73. The second-order valence-corrected chi connectivity index (χ2v) is 13.3. The molecule has 9 aromatic rings. The molecular weight excluding hydrogens is 669 g/mol. The maximum absolute atomic E-state index is 15.1. The van der Waals surface area contributed by atoms with Gasteiger partial charge in [-0.05, 0) is 117 Å². The molecule has 0 aliphatic rings. The number of carbonyl (C=O) groups excluding carboxylic acids is 4. The van der Waals surface area contributed by atoms with E-state index in [9.17, 15) is 14.4 Å². The van der Waals surface area contributed by atoms with E-state index in [1.165, 1.54) is 0 Å². The third kappa shape index (κ3) is 5.28. The van der Waals surface area contributed by atoms with Crippen molar-refractivity contribution in [2.45, 2.75) is 0 Å². The van der Waals surface area contributed by atoms with Crippen molar-refractivity contribution in [2.75, 3.05) is 10.6 Å². The summed E-state index contributed by atoms with van der Waals surface area (Å²) in [5.74, 6) is -1.67. The number of rotatable bonds is 7. The molecule has 0 bridgehead atoms. The average molecular weight is 699 g/mol. The van der Waals surface area contributed by atoms with Gasteiger partial charge in [-0.25, -0.2) is 4.90 Å². The fraction of sp³-hybridized carbons (Fsp3) is 0. The van der Waals surface area contributed by atoms with Crippen molar-refractivity contribution in [3.63, 3.8) is 0 Å². The number of ketones is 2. The molecule has 0 spiro atoms. The summed E-state index contributed by atoms with van der Waals surface area (Å²) in [7, 11) is 0. The Bertz CT molecular complexity index is 2880. The summed E-state index contributed by atoms with van der Waals surface area (Å²) in [6.45, 7) is 0. The van der Waals surface area contributed by atoms with Crippen LogP contribution < -0.4 is 10.6 Å². The predicted molar refractivity (Wildman–Crippen MR) is 216 cm³/mol. The van der Waals surface area contributed by atoms with Crippen LogP contribution in [0.3, 0.4) is 0 Å². The first-order chi connectivity index (χ1) is 26.4. The Kier molecular flexibility index (Phi) is 7.79. The molecule has 9 aromatic carbocycles. The molecule has 0 aliphatic heterocycles. The molecule has 0 radical (unpaired) electrons. The first-order valence-corrected chi connectivity index (χ1v) is 17.5. The SMILES string of the molecule is Nc1ccc(C(=O)c2cc3cccc4c5cccc6cccc(c(c2C(=O)c2ccc(N(C(=O)c7ccccc7)C(=O)c7ccccc7)cc2)c34)c65)cc1. The van der Waals surface area contributed by atoms with Crippen LogP contribution in [0, 0.1) is 0 Å². The van der Waals surface area contributed by atoms with Crippen LogP contribution in [0.25, 0.3) is 43.1 Å². The van der Waals surface area contributed by atoms with E-state index in [0.29, 0.717) is 39.0 Å². The summed E-state index contributed by atoms with van der Waals surface area (Å²) in [6.07, 6.45) is 0. The van der Waals surface area contributed by atoms with Gasteiger partial charge in [0.1, 0.15) is 0 Å². The van der Waals surface area contributed by atoms with E-state index < -0.39 is 11.8 Å². The van der Waals surface area contributed by atoms with Gasteiger partial charge in [0, 0.05) is 44.5 Å². The highest BCUT2D eigenvalue weighted by Gasteiger charge is 2.29. The molecule has 6 nitrogen and oxygen atoms in total. The lowest BCUT2D eigenvalue weighted by molar-refractivity contribution is 0.0896. The number of carbonyl (C=O) groups is 4. The predicted octanol–water partition coefficient (Wildman–Crippen LogP) is 10.3. The molecule has 0 saturated heterocycles. The summed E-state index contributed by atoms with van der Waals surface area (Å²) in [4.78, 5) is 58.6. The largest absolute Gasteiger partial charge is 0.399 e. The molecular formula is C48H30N2O4. The van der Waals surface area contributed by atoms with Crippen molar-refractivity contribution in [1.82, 2.24) is 0 Å². The second kappa shape index (κ2) is 13.0. The third-order valence-electron chi connectivity index (χ3n) is 10.1. The van der Waals surface area contributed by atoms with Crippen molar-refractivity contribution >= 4 is 77.8 Å². The van der Waals surface area contributed by atoms with E-state index in [1.807, 2.05) is 36.4 Å². The molecule has 2 amide bonds. The summed E-state index contributed by atoms with van der Waals surface area (Å²) in [6, 6.07) is 50.3. The number of amides is 2. The molecule has 0 aromatic heterocycles. The van der Waals surface area contributed by atoms with Gasteiger partial charge in [-0.3, -0.25) is 19.2 Å². The van der Waals surface area contributed by atoms with E-state index >= 15 is 4.79 Å². The van der Waals surface area contributed by atoms with Crippen LogP contribution in [0.2, 0.25) is 0 Å². The summed E-state index contributed by atoms with van der Waals surface area (Å²) < 4.78 is 0. The van der Waals surface area contributed by atoms with E-state index in [2.05, 4.69) is 24.3 Å². The number of benzene rings is 9. The Labute approximate surface area is 310 Å². The fourth-order valence-corrected chi connectivity index (χ4v) is 7.58. The molecule has 54 heavy (non-hydrogen) atoms. The molecule has 0 unspecified atom stereocenters. The van der Waals surface area contributed by atoms with Gasteiger partial charge in [0.05, 0.1) is 5.69 Å². The maximum Gasteiger partial charge on any atom is 0.265 e. The van der Waals surface area contributed by atoms with Gasteiger partial charge < -0.3 is 5.73 Å². The minimum absolute atomic E-state index is 0.269. The molecule has 9 rings (SSSR count). The highest BCUT2D eigenvalue weighted by atomic mass is 16.2. The molecule has 256 valence electrons. The molecule has 0 atom stereocenters. The number of anilines is 2. The van der Waals surface area contributed by atoms with E-state index in [4.69, 9.17) is 5.73 Å². The van der Waals surface area contributed by atoms with Crippen molar-refractivity contribution in [3.8, 4) is 0 Å². The second-order valence-electron chi connectivity index (χ2n) is 13.3. The Morgan fingerprint density at radius 1 is 0.407 bits per heavy atom. The first kappa shape index (κ1) is 32.5. The smallest absolute Gasteiger partial charge is 0.265 e. The van der Waals surface area contributed by atoms with Crippen molar-refractivity contribution in [3.05, 3.63) is 203 Å². The van der Waals surface area contributed by atoms with Crippen molar-refractivity contribution < 1.29 is 19.2 Å². The number of nitrogen functional groups attached to an aromatic ring is 1. The topological polar surface area (TPSA) is 97.5 Å². The van der Waals surface area contributed by atoms with Gasteiger partial charge in [0.15, 0.2) is 11.6 Å². The standard InChI is InChI=1S/C48H30N2O4/c49-35-24-20-30(21-25-35)45(51)40-28-34-16-9-18-38-37-17-7-14-29-15-8-19-39(41(29)37)43(42(34)38)44(40)46(52)31-22-26-36(27-23-31)50(47(53)32-10-3-1-4-11-32)48(54)33-12-5-2-6-13-33/h1-28H,49H2. The highest BCUT2D eigenvalue weighted by molar-refractivity contribution is 6.39. The minimum atomic E-state index is -0.502. The molecule has 0 heterocycles. The first-order valence-electron chi connectivity index (χ1n) is 17.5. The van der Waals surface area contributed by atoms with Crippen LogP contribution in [0.1, 0.15) is 52.6 Å². The Hall–Kier alpha value is -7.44. The molecule has 0 fully saturated rings. The van der Waals surface area contributed by atoms with Crippen LogP contribution in [0.5, 0.6) is 0 Å². The quantitative estimate of drug-likeness (QED) is 0.0587. The zero-order valence-electron chi connectivity index (χ0n) is 28.8. The minimum Gasteiger partial charge on any atom is -0.399 e. The maximum atomic E-state index is 15.1. The molecule has 2 N–H and O–H groups in total. The lowest BCUT2D eigenvalue weighted by atomic mass is 9.82. The number of imide groups is 1. The summed E-state index contributed by atoms with van der Waals surface area (Å²) >= 11 is 0. The van der Waals surface area contributed by atoms with E-state index in [-0.39, 0.29) is 22.7 Å². The Morgan fingerprint density at radius 3 is 1.50 bits per heavy atom. The normalized spacial score (nSPS) is 11.3. The van der Waals surface area contributed by atoms with Crippen LogP contribution in [-0.2, 0) is 0 Å². The molecule has 6 heteroatoms. The van der Waals surface area contributed by atoms with Gasteiger partial charge in [-0.1, -0.05) is 91.0 Å². The van der Waals surface area contributed by atoms with Gasteiger partial charge in [-0.2, -0.15) is 0 Å². The van der Waals surface area contributed by atoms with Crippen LogP contribution in [0.4, 0.5) is 11.4 Å². The Balaban J connectivity index is 1.26. The van der Waals surface area contributed by atoms with E-state index in [1.54, 1.807) is 109 Å². The van der Waals surface area contributed by atoms with Crippen molar-refractivity contribution in [2.24, 2.45) is 0 Å². The lowest BCUT2D eigenvalue weighted by Crippen LogP contribution is -2.37. The van der Waals surface area contributed by atoms with Gasteiger partial charge in [0.25, 0.3) is 11.8 Å². The van der Waals surface area contributed by atoms with Crippen molar-refractivity contribution in [1.29, 1.82) is 0 Å². The number of fused-ring (bicyclic) bond motifs is 2. The summed E-state index contributed by atoms with van der Waals surface area (Å²) in [5, 5.41) is 7.38. The number of hydrogen-bond acceptors (Lipinski definition) is 5. The van der Waals surface area contributed by atoms with Crippen LogP contribution >= 0.6 is 0 Å². The monoisotopic (exact) mass is 698 g/mol. The number of nitrogens with two attached hydrogens (primary N) is 1. The van der Waals surface area contributed by atoms with Gasteiger partial charge >= 0.3 is 0 Å². The fourth-order valence-electron chi connectivity index (χ4n) is 7.58. The van der Waals surface area contributed by atoms with Gasteiger partial charge in [-0.15, -0.1) is 0 Å². The number of nitrogens with zero attached hydrogens (tertiary/aromatic N) is 1.